The largest absolute Gasteiger partial charge is 0.416 e. The van der Waals surface area contributed by atoms with Gasteiger partial charge in [0.25, 0.3) is 0 Å². The Balaban J connectivity index is 1.96. The molecule has 1 saturated heterocycles. The second-order valence-corrected chi connectivity index (χ2v) is 9.64. The zero-order chi connectivity index (χ0) is 19.5. The molecule has 0 radical (unpaired) electrons. The lowest BCUT2D eigenvalue weighted by atomic mass is 9.97. The summed E-state index contributed by atoms with van der Waals surface area (Å²) in [5.74, 6) is -0.260. The van der Waals surface area contributed by atoms with Gasteiger partial charge < -0.3 is 4.90 Å². The van der Waals surface area contributed by atoms with Crippen molar-refractivity contribution in [2.24, 2.45) is 5.92 Å². The van der Waals surface area contributed by atoms with E-state index in [1.54, 1.807) is 13.8 Å². The van der Waals surface area contributed by atoms with E-state index >= 15 is 0 Å². The first-order chi connectivity index (χ1) is 12.0. The van der Waals surface area contributed by atoms with Crippen LogP contribution in [0.3, 0.4) is 0 Å². The van der Waals surface area contributed by atoms with Crippen molar-refractivity contribution in [3.8, 4) is 0 Å². The Bertz CT molecular complexity index is 736. The molecule has 8 heteroatoms. The Morgan fingerprint density at radius 2 is 1.77 bits per heavy atom. The van der Waals surface area contributed by atoms with Crippen molar-refractivity contribution in [2.75, 3.05) is 18.8 Å². The van der Waals surface area contributed by atoms with Crippen molar-refractivity contribution >= 4 is 15.7 Å². The average molecular weight is 391 g/mol. The fraction of sp³-hybridized carbons (Fsp3) is 0.611. The summed E-state index contributed by atoms with van der Waals surface area (Å²) >= 11 is 0. The number of nitrogens with zero attached hydrogens (tertiary/aromatic N) is 1. The third-order valence-electron chi connectivity index (χ3n) is 4.82. The van der Waals surface area contributed by atoms with Gasteiger partial charge in [-0.25, -0.2) is 8.42 Å². The van der Waals surface area contributed by atoms with Gasteiger partial charge in [0, 0.05) is 13.1 Å². The van der Waals surface area contributed by atoms with Crippen molar-refractivity contribution in [3.63, 3.8) is 0 Å². The minimum Gasteiger partial charge on any atom is -0.342 e. The first kappa shape index (κ1) is 20.7. The summed E-state index contributed by atoms with van der Waals surface area (Å²) in [5, 5.41) is -0.430. The zero-order valence-corrected chi connectivity index (χ0v) is 15.7. The maximum atomic E-state index is 13.0. The van der Waals surface area contributed by atoms with Crippen LogP contribution in [0.5, 0.6) is 0 Å². The fourth-order valence-electron chi connectivity index (χ4n) is 3.10. The molecule has 0 atom stereocenters. The lowest BCUT2D eigenvalue weighted by molar-refractivity contribution is -0.138. The predicted octanol–water partition coefficient (Wildman–Crippen LogP) is 3.31. The van der Waals surface area contributed by atoms with Gasteiger partial charge in [0.15, 0.2) is 9.84 Å². The summed E-state index contributed by atoms with van der Waals surface area (Å²) in [6.07, 6.45) is -3.68. The van der Waals surface area contributed by atoms with E-state index in [0.717, 1.165) is 6.07 Å². The molecule has 1 heterocycles. The molecule has 1 aromatic rings. The van der Waals surface area contributed by atoms with Gasteiger partial charge in [-0.2, -0.15) is 13.2 Å². The molecule has 1 aliphatic rings. The maximum absolute atomic E-state index is 13.0. The topological polar surface area (TPSA) is 54.5 Å². The lowest BCUT2D eigenvalue weighted by Gasteiger charge is -2.32. The molecular weight excluding hydrogens is 367 g/mol. The highest BCUT2D eigenvalue weighted by molar-refractivity contribution is 7.91. The van der Waals surface area contributed by atoms with Crippen LogP contribution < -0.4 is 0 Å². The zero-order valence-electron chi connectivity index (χ0n) is 14.9. The first-order valence-corrected chi connectivity index (χ1v) is 10.4. The number of sulfone groups is 1. The molecule has 0 aliphatic carbocycles. The van der Waals surface area contributed by atoms with Gasteiger partial charge in [0.05, 0.1) is 23.0 Å². The van der Waals surface area contributed by atoms with E-state index in [2.05, 4.69) is 0 Å². The van der Waals surface area contributed by atoms with Crippen molar-refractivity contribution in [2.45, 2.75) is 44.5 Å². The number of likely N-dealkylation sites (tertiary alicyclic amines) is 1. The second-order valence-electron chi connectivity index (χ2n) is 7.03. The average Bonchev–Trinajstić information content (AvgIpc) is 2.54. The summed E-state index contributed by atoms with van der Waals surface area (Å²) in [7, 11) is -3.13. The Hall–Kier alpha value is -1.57. The molecule has 1 amide bonds. The molecular formula is C18H24F3NO3S. The normalized spacial score (nSPS) is 16.9. The number of hydrogen-bond donors (Lipinski definition) is 0. The summed E-state index contributed by atoms with van der Waals surface area (Å²) in [5.41, 5.74) is -0.819. The molecule has 0 aromatic heterocycles. The van der Waals surface area contributed by atoms with Crippen LogP contribution in [-0.4, -0.2) is 43.3 Å². The monoisotopic (exact) mass is 391 g/mol. The molecule has 0 N–H and O–H groups in total. The van der Waals surface area contributed by atoms with Crippen LogP contribution in [0, 0.1) is 5.92 Å². The van der Waals surface area contributed by atoms with E-state index < -0.39 is 26.8 Å². The standard InChI is InChI=1S/C18H24F3NO3S/c1-13(2)26(24,25)12-14-7-9-22(10-8-14)17(23)11-15-5-3-4-6-16(15)18(19,20)21/h3-6,13-14H,7-12H2,1-2H3. The first-order valence-electron chi connectivity index (χ1n) is 8.65. The van der Waals surface area contributed by atoms with Gasteiger partial charge in [-0.05, 0) is 44.2 Å². The van der Waals surface area contributed by atoms with E-state index in [9.17, 15) is 26.4 Å². The van der Waals surface area contributed by atoms with Crippen LogP contribution in [0.25, 0.3) is 0 Å². The minimum absolute atomic E-state index is 0.00564. The molecule has 0 bridgehead atoms. The lowest BCUT2D eigenvalue weighted by Crippen LogP contribution is -2.41. The van der Waals surface area contributed by atoms with Crippen molar-refractivity contribution in [3.05, 3.63) is 35.4 Å². The van der Waals surface area contributed by atoms with Gasteiger partial charge in [-0.1, -0.05) is 18.2 Å². The van der Waals surface area contributed by atoms with Gasteiger partial charge in [-0.15, -0.1) is 0 Å². The molecule has 0 spiro atoms. The number of halogens is 3. The van der Waals surface area contributed by atoms with Crippen LogP contribution >= 0.6 is 0 Å². The van der Waals surface area contributed by atoms with E-state index in [4.69, 9.17) is 0 Å². The highest BCUT2D eigenvalue weighted by atomic mass is 32.2. The molecule has 4 nitrogen and oxygen atoms in total. The number of hydrogen-bond acceptors (Lipinski definition) is 3. The smallest absolute Gasteiger partial charge is 0.342 e. The highest BCUT2D eigenvalue weighted by Crippen LogP contribution is 2.32. The number of carbonyl (C=O) groups is 1. The van der Waals surface area contributed by atoms with Gasteiger partial charge >= 0.3 is 6.18 Å². The fourth-order valence-corrected chi connectivity index (χ4v) is 4.47. The maximum Gasteiger partial charge on any atom is 0.416 e. The van der Waals surface area contributed by atoms with E-state index in [-0.39, 0.29) is 29.6 Å². The summed E-state index contributed by atoms with van der Waals surface area (Å²) in [4.78, 5) is 13.9. The molecule has 146 valence electrons. The number of amides is 1. The number of rotatable bonds is 5. The van der Waals surface area contributed by atoms with E-state index in [1.165, 1.54) is 23.1 Å². The van der Waals surface area contributed by atoms with Crippen LogP contribution in [0.15, 0.2) is 24.3 Å². The Labute approximate surface area is 152 Å². The van der Waals surface area contributed by atoms with Crippen molar-refractivity contribution in [1.82, 2.24) is 4.90 Å². The third kappa shape index (κ3) is 5.22. The molecule has 0 unspecified atom stereocenters. The minimum atomic E-state index is -4.49. The SMILES string of the molecule is CC(C)S(=O)(=O)CC1CCN(C(=O)Cc2ccccc2C(F)(F)F)CC1. The molecule has 26 heavy (non-hydrogen) atoms. The van der Waals surface area contributed by atoms with E-state index in [1.807, 2.05) is 0 Å². The summed E-state index contributed by atoms with van der Waals surface area (Å²) < 4.78 is 63.1. The van der Waals surface area contributed by atoms with Crippen molar-refractivity contribution < 1.29 is 26.4 Å². The van der Waals surface area contributed by atoms with Gasteiger partial charge in [0.2, 0.25) is 5.91 Å². The van der Waals surface area contributed by atoms with Crippen LogP contribution in [0.1, 0.15) is 37.8 Å². The quantitative estimate of drug-likeness (QED) is 0.774. The molecule has 2 rings (SSSR count). The van der Waals surface area contributed by atoms with Crippen molar-refractivity contribution in [1.29, 1.82) is 0 Å². The number of piperidine rings is 1. The van der Waals surface area contributed by atoms with Gasteiger partial charge in [0.1, 0.15) is 0 Å². The Morgan fingerprint density at radius 3 is 2.31 bits per heavy atom. The molecule has 1 fully saturated rings. The summed E-state index contributed by atoms with van der Waals surface area (Å²) in [6, 6.07) is 5.09. The van der Waals surface area contributed by atoms with Crippen LogP contribution in [0.4, 0.5) is 13.2 Å². The van der Waals surface area contributed by atoms with Gasteiger partial charge in [-0.3, -0.25) is 4.79 Å². The molecule has 1 aromatic carbocycles. The summed E-state index contributed by atoms with van der Waals surface area (Å²) in [6.45, 7) is 4.05. The predicted molar refractivity (Wildman–Crippen MR) is 93.4 cm³/mol. The molecule has 1 aliphatic heterocycles. The Kier molecular flexibility index (Phi) is 6.37. The second kappa shape index (κ2) is 7.98. The van der Waals surface area contributed by atoms with Crippen LogP contribution in [0.2, 0.25) is 0 Å². The number of carbonyl (C=O) groups excluding carboxylic acids is 1. The number of benzene rings is 1. The number of alkyl halides is 3. The molecule has 0 saturated carbocycles. The highest BCUT2D eigenvalue weighted by Gasteiger charge is 2.34. The third-order valence-corrected chi connectivity index (χ3v) is 7.19. The van der Waals surface area contributed by atoms with Crippen LogP contribution in [-0.2, 0) is 27.2 Å². The van der Waals surface area contributed by atoms with E-state index in [0.29, 0.717) is 25.9 Å². The Morgan fingerprint density at radius 1 is 1.19 bits per heavy atom.